The molecule has 0 fully saturated rings. The zero-order chi connectivity index (χ0) is 15.2. The van der Waals surface area contributed by atoms with Gasteiger partial charge in [-0.05, 0) is 12.1 Å². The molecule has 0 spiro atoms. The standard InChI is InChI=1S/C15H22N2O3.ClH/c1-17(2,3)11-13(10-14(18)20-4)16-15(19)12-8-6-5-7-9-12;/h5-9,13H,10-11H2,1-4H3;1H/t13-;/m1./s1. The molecule has 0 radical (unpaired) electrons. The zero-order valence-electron chi connectivity index (χ0n) is 12.9. The first-order valence-electron chi connectivity index (χ1n) is 6.55. The number of esters is 1. The van der Waals surface area contributed by atoms with Crippen molar-refractivity contribution in [3.05, 3.63) is 35.9 Å². The van der Waals surface area contributed by atoms with Gasteiger partial charge in [-0.3, -0.25) is 9.59 Å². The first kappa shape index (κ1) is 19.4. The Bertz CT molecular complexity index is 458. The van der Waals surface area contributed by atoms with Crippen LogP contribution in [0.2, 0.25) is 0 Å². The van der Waals surface area contributed by atoms with Crippen molar-refractivity contribution >= 4 is 11.9 Å². The lowest BCUT2D eigenvalue weighted by Gasteiger charge is -2.29. The molecule has 6 heteroatoms. The van der Waals surface area contributed by atoms with Crippen LogP contribution in [0.4, 0.5) is 0 Å². The van der Waals surface area contributed by atoms with E-state index in [2.05, 4.69) is 10.1 Å². The van der Waals surface area contributed by atoms with Crippen molar-refractivity contribution in [3.63, 3.8) is 0 Å². The van der Waals surface area contributed by atoms with Gasteiger partial charge >= 0.3 is 5.97 Å². The molecule has 0 aliphatic carbocycles. The zero-order valence-corrected chi connectivity index (χ0v) is 13.7. The van der Waals surface area contributed by atoms with Crippen LogP contribution in [0.25, 0.3) is 0 Å². The molecule has 1 amide bonds. The third-order valence-electron chi connectivity index (χ3n) is 2.78. The predicted molar refractivity (Wildman–Crippen MR) is 77.2 cm³/mol. The summed E-state index contributed by atoms with van der Waals surface area (Å²) in [4.78, 5) is 23.6. The van der Waals surface area contributed by atoms with Gasteiger partial charge in [-0.1, -0.05) is 18.2 Å². The molecular formula is C15H23ClN2O3. The average Bonchev–Trinajstić information content (AvgIpc) is 2.37. The number of nitrogens with one attached hydrogen (secondary N) is 1. The predicted octanol–water partition coefficient (Wildman–Crippen LogP) is -1.94. The number of ether oxygens (including phenoxy) is 1. The van der Waals surface area contributed by atoms with Crippen LogP contribution in [0.5, 0.6) is 0 Å². The van der Waals surface area contributed by atoms with Gasteiger partial charge in [0.15, 0.2) is 0 Å². The molecule has 118 valence electrons. The maximum atomic E-state index is 12.1. The number of rotatable bonds is 6. The molecule has 0 aliphatic rings. The number of carbonyl (C=O) groups is 2. The van der Waals surface area contributed by atoms with Crippen LogP contribution in [0, 0.1) is 0 Å². The number of carbonyl (C=O) groups excluding carboxylic acids is 2. The minimum atomic E-state index is -0.322. The topological polar surface area (TPSA) is 55.4 Å². The number of likely N-dealkylation sites (N-methyl/N-ethyl adjacent to an activating group) is 1. The summed E-state index contributed by atoms with van der Waals surface area (Å²) in [5.41, 5.74) is 0.587. The van der Waals surface area contributed by atoms with Crippen LogP contribution in [-0.2, 0) is 9.53 Å². The van der Waals surface area contributed by atoms with Gasteiger partial charge in [0, 0.05) is 5.56 Å². The van der Waals surface area contributed by atoms with Crippen LogP contribution in [0.1, 0.15) is 16.8 Å². The van der Waals surface area contributed by atoms with Crippen LogP contribution in [-0.4, -0.2) is 57.2 Å². The fraction of sp³-hybridized carbons (Fsp3) is 0.467. The molecule has 1 rings (SSSR count). The van der Waals surface area contributed by atoms with Crippen LogP contribution in [0.15, 0.2) is 30.3 Å². The van der Waals surface area contributed by atoms with E-state index in [-0.39, 0.29) is 36.7 Å². The Morgan fingerprint density at radius 2 is 1.76 bits per heavy atom. The fourth-order valence-corrected chi connectivity index (χ4v) is 1.97. The summed E-state index contributed by atoms with van der Waals surface area (Å²) >= 11 is 0. The Hall–Kier alpha value is -1.59. The van der Waals surface area contributed by atoms with E-state index < -0.39 is 0 Å². The first-order valence-corrected chi connectivity index (χ1v) is 6.55. The van der Waals surface area contributed by atoms with E-state index in [1.165, 1.54) is 7.11 Å². The second-order valence-corrected chi connectivity index (χ2v) is 5.79. The van der Waals surface area contributed by atoms with Crippen LogP contribution >= 0.6 is 0 Å². The third-order valence-corrected chi connectivity index (χ3v) is 2.78. The number of nitrogens with zero attached hydrogens (tertiary/aromatic N) is 1. The summed E-state index contributed by atoms with van der Waals surface area (Å²) in [6, 6.07) is 8.71. The number of benzene rings is 1. The first-order chi connectivity index (χ1) is 9.31. The summed E-state index contributed by atoms with van der Waals surface area (Å²) in [5.74, 6) is -0.496. The minimum Gasteiger partial charge on any atom is -1.00 e. The molecule has 1 atom stereocenters. The largest absolute Gasteiger partial charge is 1.00 e. The van der Waals surface area contributed by atoms with E-state index in [9.17, 15) is 9.59 Å². The molecule has 21 heavy (non-hydrogen) atoms. The van der Waals surface area contributed by atoms with E-state index in [0.29, 0.717) is 16.6 Å². The van der Waals surface area contributed by atoms with Gasteiger partial charge in [0.2, 0.25) is 0 Å². The van der Waals surface area contributed by atoms with Gasteiger partial charge in [0.05, 0.1) is 47.3 Å². The van der Waals surface area contributed by atoms with E-state index >= 15 is 0 Å². The molecule has 0 aromatic heterocycles. The van der Waals surface area contributed by atoms with Crippen molar-refractivity contribution in [2.75, 3.05) is 34.8 Å². The summed E-state index contributed by atoms with van der Waals surface area (Å²) in [6.07, 6.45) is 0.171. The maximum absolute atomic E-state index is 12.1. The van der Waals surface area contributed by atoms with Crippen molar-refractivity contribution < 1.29 is 31.2 Å². The Labute approximate surface area is 132 Å². The molecule has 1 aromatic rings. The molecule has 1 aromatic carbocycles. The average molecular weight is 315 g/mol. The molecule has 0 unspecified atom stereocenters. The Morgan fingerprint density at radius 3 is 2.24 bits per heavy atom. The summed E-state index contributed by atoms with van der Waals surface area (Å²) in [5, 5.41) is 2.90. The summed E-state index contributed by atoms with van der Waals surface area (Å²) in [7, 11) is 7.39. The number of quaternary nitrogens is 1. The molecule has 0 heterocycles. The van der Waals surface area contributed by atoms with Crippen molar-refractivity contribution in [2.45, 2.75) is 12.5 Å². The molecule has 0 saturated heterocycles. The monoisotopic (exact) mass is 314 g/mol. The van der Waals surface area contributed by atoms with Gasteiger partial charge in [0.25, 0.3) is 5.91 Å². The lowest BCUT2D eigenvalue weighted by Crippen LogP contribution is -3.00. The second kappa shape index (κ2) is 8.64. The molecular weight excluding hydrogens is 292 g/mol. The normalized spacial score (nSPS) is 12.0. The van der Waals surface area contributed by atoms with E-state index in [1.807, 2.05) is 39.3 Å². The SMILES string of the molecule is COC(=O)C[C@H](C[N+](C)(C)C)NC(=O)c1ccccc1.[Cl-]. The summed E-state index contributed by atoms with van der Waals surface area (Å²) in [6.45, 7) is 0.647. The Kier molecular flexibility index (Phi) is 7.99. The van der Waals surface area contributed by atoms with Gasteiger partial charge in [-0.2, -0.15) is 0 Å². The highest BCUT2D eigenvalue weighted by molar-refractivity contribution is 5.94. The maximum Gasteiger partial charge on any atom is 0.307 e. The second-order valence-electron chi connectivity index (χ2n) is 5.79. The van der Waals surface area contributed by atoms with Crippen LogP contribution < -0.4 is 17.7 Å². The summed E-state index contributed by atoms with van der Waals surface area (Å²) < 4.78 is 5.33. The van der Waals surface area contributed by atoms with Crippen molar-refractivity contribution in [3.8, 4) is 0 Å². The molecule has 0 bridgehead atoms. The van der Waals surface area contributed by atoms with Crippen molar-refractivity contribution in [1.29, 1.82) is 0 Å². The van der Waals surface area contributed by atoms with E-state index in [0.717, 1.165) is 0 Å². The molecule has 0 aliphatic heterocycles. The Morgan fingerprint density at radius 1 is 1.19 bits per heavy atom. The lowest BCUT2D eigenvalue weighted by atomic mass is 10.1. The lowest BCUT2D eigenvalue weighted by molar-refractivity contribution is -0.871. The van der Waals surface area contributed by atoms with E-state index in [1.54, 1.807) is 12.1 Å². The highest BCUT2D eigenvalue weighted by Gasteiger charge is 2.23. The van der Waals surface area contributed by atoms with Gasteiger partial charge in [-0.15, -0.1) is 0 Å². The number of halogens is 1. The molecule has 1 N–H and O–H groups in total. The van der Waals surface area contributed by atoms with E-state index in [4.69, 9.17) is 0 Å². The quantitative estimate of drug-likeness (QED) is 0.491. The third kappa shape index (κ3) is 7.68. The van der Waals surface area contributed by atoms with Gasteiger partial charge in [0.1, 0.15) is 0 Å². The number of methoxy groups -OCH3 is 1. The smallest absolute Gasteiger partial charge is 0.307 e. The molecule has 0 saturated carbocycles. The van der Waals surface area contributed by atoms with Gasteiger partial charge in [-0.25, -0.2) is 0 Å². The highest BCUT2D eigenvalue weighted by atomic mass is 35.5. The van der Waals surface area contributed by atoms with Crippen molar-refractivity contribution in [2.24, 2.45) is 0 Å². The molecule has 5 nitrogen and oxygen atoms in total. The number of hydrogen-bond donors (Lipinski definition) is 1. The fourth-order valence-electron chi connectivity index (χ4n) is 1.97. The van der Waals surface area contributed by atoms with Crippen molar-refractivity contribution in [1.82, 2.24) is 5.32 Å². The van der Waals surface area contributed by atoms with Gasteiger partial charge < -0.3 is 26.9 Å². The minimum absolute atomic E-state index is 0. The number of hydrogen-bond acceptors (Lipinski definition) is 3. The Balaban J connectivity index is 0.00000400. The highest BCUT2D eigenvalue weighted by Crippen LogP contribution is 2.04. The number of amides is 1. The van der Waals surface area contributed by atoms with Crippen LogP contribution in [0.3, 0.4) is 0 Å².